The number of hydrogen-bond donors (Lipinski definition) is 3. The number of rotatable bonds is 4. The number of hydrazine groups is 1. The van der Waals surface area contributed by atoms with Crippen LogP contribution in [0.1, 0.15) is 37.1 Å². The molecule has 16 heavy (non-hydrogen) atoms. The molecule has 0 bridgehead atoms. The van der Waals surface area contributed by atoms with Crippen LogP contribution in [0.3, 0.4) is 0 Å². The minimum atomic E-state index is 0.300. The van der Waals surface area contributed by atoms with Crippen molar-refractivity contribution in [3.63, 3.8) is 0 Å². The standard InChI is InChI=1S/C11H18N4S/c1-2-9(10-4-3-7-16-10)14-11(15-12)13-8-5-6-8/h3-4,7-9H,2,5-6,12H2,1H3,(H2,13,14,15). The van der Waals surface area contributed by atoms with Crippen LogP contribution in [-0.4, -0.2) is 12.0 Å². The third-order valence-electron chi connectivity index (χ3n) is 2.60. The molecule has 88 valence electrons. The maximum Gasteiger partial charge on any atom is 0.206 e. The molecular formula is C11H18N4S. The SMILES string of the molecule is CCC(NC(=NC1CC1)NN)c1cccs1. The topological polar surface area (TPSA) is 62.4 Å². The van der Waals surface area contributed by atoms with Crippen LogP contribution in [0.25, 0.3) is 0 Å². The fourth-order valence-corrected chi connectivity index (χ4v) is 2.39. The van der Waals surface area contributed by atoms with Crippen LogP contribution in [0.4, 0.5) is 0 Å². The molecule has 4 N–H and O–H groups in total. The van der Waals surface area contributed by atoms with Gasteiger partial charge in [-0.25, -0.2) is 10.8 Å². The van der Waals surface area contributed by atoms with E-state index in [1.807, 2.05) is 0 Å². The lowest BCUT2D eigenvalue weighted by Crippen LogP contribution is -2.43. The molecule has 0 aromatic carbocycles. The highest BCUT2D eigenvalue weighted by Gasteiger charge is 2.21. The van der Waals surface area contributed by atoms with Gasteiger partial charge < -0.3 is 5.32 Å². The maximum absolute atomic E-state index is 5.47. The van der Waals surface area contributed by atoms with E-state index in [-0.39, 0.29) is 0 Å². The van der Waals surface area contributed by atoms with Gasteiger partial charge in [0.2, 0.25) is 5.96 Å². The molecule has 2 rings (SSSR count). The number of hydrogen-bond acceptors (Lipinski definition) is 3. The lowest BCUT2D eigenvalue weighted by molar-refractivity contribution is 0.619. The molecule has 4 nitrogen and oxygen atoms in total. The Kier molecular flexibility index (Phi) is 3.79. The van der Waals surface area contributed by atoms with Gasteiger partial charge in [0, 0.05) is 4.88 Å². The number of nitrogens with two attached hydrogens (primary N) is 1. The number of nitrogens with zero attached hydrogens (tertiary/aromatic N) is 1. The largest absolute Gasteiger partial charge is 0.348 e. The first-order valence-electron chi connectivity index (χ1n) is 5.67. The molecule has 1 aromatic heterocycles. The van der Waals surface area contributed by atoms with Crippen LogP contribution in [0, 0.1) is 0 Å². The van der Waals surface area contributed by atoms with Gasteiger partial charge in [-0.3, -0.25) is 5.43 Å². The van der Waals surface area contributed by atoms with E-state index in [0.717, 1.165) is 6.42 Å². The van der Waals surface area contributed by atoms with Crippen molar-refractivity contribution in [3.05, 3.63) is 22.4 Å². The molecule has 5 heteroatoms. The highest BCUT2D eigenvalue weighted by molar-refractivity contribution is 7.10. The van der Waals surface area contributed by atoms with E-state index in [1.54, 1.807) is 11.3 Å². The fraction of sp³-hybridized carbons (Fsp3) is 0.545. The first-order valence-corrected chi connectivity index (χ1v) is 6.55. The number of nitrogens with one attached hydrogen (secondary N) is 2. The van der Waals surface area contributed by atoms with Crippen LogP contribution < -0.4 is 16.6 Å². The molecule has 1 heterocycles. The van der Waals surface area contributed by atoms with Gasteiger partial charge in [0.25, 0.3) is 0 Å². The number of thiophene rings is 1. The van der Waals surface area contributed by atoms with E-state index in [9.17, 15) is 0 Å². The first-order chi connectivity index (χ1) is 7.83. The van der Waals surface area contributed by atoms with Crippen LogP contribution in [0.2, 0.25) is 0 Å². The maximum atomic E-state index is 5.47. The zero-order valence-corrected chi connectivity index (χ0v) is 10.3. The Labute approximate surface area is 99.9 Å². The van der Waals surface area contributed by atoms with Crippen LogP contribution in [0.15, 0.2) is 22.5 Å². The minimum absolute atomic E-state index is 0.300. The van der Waals surface area contributed by atoms with E-state index >= 15 is 0 Å². The third kappa shape index (κ3) is 2.96. The number of aliphatic imine (C=N–C) groups is 1. The molecule has 1 fully saturated rings. The summed E-state index contributed by atoms with van der Waals surface area (Å²) in [7, 11) is 0. The van der Waals surface area contributed by atoms with Gasteiger partial charge in [-0.15, -0.1) is 11.3 Å². The summed E-state index contributed by atoms with van der Waals surface area (Å²) < 4.78 is 0. The van der Waals surface area contributed by atoms with Crippen LogP contribution in [0.5, 0.6) is 0 Å². The molecule has 0 aliphatic heterocycles. The lowest BCUT2D eigenvalue weighted by atomic mass is 10.2. The van der Waals surface area contributed by atoms with Crippen molar-refractivity contribution in [1.82, 2.24) is 10.7 Å². The molecule has 0 saturated heterocycles. The summed E-state index contributed by atoms with van der Waals surface area (Å²) in [6, 6.07) is 4.97. The van der Waals surface area contributed by atoms with E-state index in [0.29, 0.717) is 18.0 Å². The summed E-state index contributed by atoms with van der Waals surface area (Å²) in [4.78, 5) is 5.80. The van der Waals surface area contributed by atoms with Gasteiger partial charge in [0.15, 0.2) is 0 Å². The average molecular weight is 238 g/mol. The monoisotopic (exact) mass is 238 g/mol. The zero-order chi connectivity index (χ0) is 11.4. The highest BCUT2D eigenvalue weighted by atomic mass is 32.1. The van der Waals surface area contributed by atoms with Crippen molar-refractivity contribution < 1.29 is 0 Å². The van der Waals surface area contributed by atoms with E-state index in [1.165, 1.54) is 17.7 Å². The minimum Gasteiger partial charge on any atom is -0.348 e. The molecule has 1 aliphatic carbocycles. The second kappa shape index (κ2) is 5.32. The molecule has 0 radical (unpaired) electrons. The Morgan fingerprint density at radius 3 is 3.00 bits per heavy atom. The molecule has 0 spiro atoms. The first kappa shape index (κ1) is 11.4. The molecule has 1 aliphatic rings. The quantitative estimate of drug-likeness (QED) is 0.324. The van der Waals surface area contributed by atoms with Gasteiger partial charge in [-0.1, -0.05) is 13.0 Å². The average Bonchev–Trinajstić information content (AvgIpc) is 2.95. The van der Waals surface area contributed by atoms with Crippen LogP contribution in [-0.2, 0) is 0 Å². The Balaban J connectivity index is 1.99. The van der Waals surface area contributed by atoms with Crippen molar-refractivity contribution in [1.29, 1.82) is 0 Å². The molecule has 0 amide bonds. The summed E-state index contributed by atoms with van der Waals surface area (Å²) in [5, 5.41) is 5.44. The van der Waals surface area contributed by atoms with Crippen molar-refractivity contribution in [2.24, 2.45) is 10.8 Å². The second-order valence-corrected chi connectivity index (χ2v) is 4.95. The fourth-order valence-electron chi connectivity index (χ4n) is 1.53. The Bertz CT molecular complexity index is 343. The Hall–Kier alpha value is -1.07. The molecular weight excluding hydrogens is 220 g/mol. The predicted molar refractivity (Wildman–Crippen MR) is 68.3 cm³/mol. The normalized spacial score (nSPS) is 18.2. The van der Waals surface area contributed by atoms with Gasteiger partial charge in [-0.2, -0.15) is 0 Å². The van der Waals surface area contributed by atoms with E-state index in [4.69, 9.17) is 5.84 Å². The van der Waals surface area contributed by atoms with E-state index < -0.39 is 0 Å². The summed E-state index contributed by atoms with van der Waals surface area (Å²) in [5.41, 5.74) is 2.64. The molecule has 1 atom stereocenters. The van der Waals surface area contributed by atoms with Crippen LogP contribution >= 0.6 is 11.3 Å². The third-order valence-corrected chi connectivity index (χ3v) is 3.59. The van der Waals surface area contributed by atoms with Crippen molar-refractivity contribution >= 4 is 17.3 Å². The van der Waals surface area contributed by atoms with Gasteiger partial charge >= 0.3 is 0 Å². The van der Waals surface area contributed by atoms with Gasteiger partial charge in [0.1, 0.15) is 0 Å². The molecule has 1 unspecified atom stereocenters. The highest BCUT2D eigenvalue weighted by Crippen LogP contribution is 2.24. The summed E-state index contributed by atoms with van der Waals surface area (Å²) >= 11 is 1.76. The summed E-state index contributed by atoms with van der Waals surface area (Å²) in [5.74, 6) is 6.18. The summed E-state index contributed by atoms with van der Waals surface area (Å²) in [6.45, 7) is 2.16. The van der Waals surface area contributed by atoms with Gasteiger partial charge in [0.05, 0.1) is 12.1 Å². The molecule has 1 aromatic rings. The van der Waals surface area contributed by atoms with Gasteiger partial charge in [-0.05, 0) is 30.7 Å². The smallest absolute Gasteiger partial charge is 0.206 e. The summed E-state index contributed by atoms with van der Waals surface area (Å²) in [6.07, 6.45) is 3.39. The predicted octanol–water partition coefficient (Wildman–Crippen LogP) is 1.77. The lowest BCUT2D eigenvalue weighted by Gasteiger charge is -2.17. The van der Waals surface area contributed by atoms with E-state index in [2.05, 4.69) is 40.2 Å². The molecule has 1 saturated carbocycles. The van der Waals surface area contributed by atoms with Crippen molar-refractivity contribution in [2.75, 3.05) is 0 Å². The Morgan fingerprint density at radius 2 is 2.50 bits per heavy atom. The number of guanidine groups is 1. The van der Waals surface area contributed by atoms with Crippen molar-refractivity contribution in [2.45, 2.75) is 38.3 Å². The second-order valence-electron chi connectivity index (χ2n) is 3.97. The Morgan fingerprint density at radius 1 is 1.69 bits per heavy atom. The zero-order valence-electron chi connectivity index (χ0n) is 9.44. The van der Waals surface area contributed by atoms with Crippen molar-refractivity contribution in [3.8, 4) is 0 Å².